The van der Waals surface area contributed by atoms with Gasteiger partial charge in [-0.2, -0.15) is 0 Å². The number of amides is 1. The molecule has 0 saturated carbocycles. The van der Waals surface area contributed by atoms with E-state index in [1.54, 1.807) is 37.7 Å². The first-order valence-electron chi connectivity index (χ1n) is 7.91. The van der Waals surface area contributed by atoms with Crippen LogP contribution in [-0.2, 0) is 6.54 Å². The Morgan fingerprint density at radius 1 is 1.17 bits per heavy atom. The predicted molar refractivity (Wildman–Crippen MR) is 93.4 cm³/mol. The van der Waals surface area contributed by atoms with E-state index in [1.807, 2.05) is 17.0 Å². The number of methoxy groups -OCH3 is 1. The van der Waals surface area contributed by atoms with Crippen LogP contribution < -0.4 is 4.74 Å². The molecule has 1 fully saturated rings. The lowest BCUT2D eigenvalue weighted by Gasteiger charge is -2.35. The van der Waals surface area contributed by atoms with E-state index in [-0.39, 0.29) is 5.91 Å². The minimum Gasteiger partial charge on any atom is -0.496 e. The van der Waals surface area contributed by atoms with E-state index in [4.69, 9.17) is 16.3 Å². The van der Waals surface area contributed by atoms with Crippen molar-refractivity contribution in [2.75, 3.05) is 33.3 Å². The van der Waals surface area contributed by atoms with Gasteiger partial charge in [0, 0.05) is 50.1 Å². The fraction of sp³-hybridized carbons (Fsp3) is 0.333. The summed E-state index contributed by atoms with van der Waals surface area (Å²) < 4.78 is 5.29. The number of ether oxygens (including phenoxy) is 1. The number of halogens is 1. The quantitative estimate of drug-likeness (QED) is 0.854. The summed E-state index contributed by atoms with van der Waals surface area (Å²) in [6, 6.07) is 9.17. The Kier molecular flexibility index (Phi) is 5.33. The third-order valence-corrected chi connectivity index (χ3v) is 4.44. The molecule has 0 radical (unpaired) electrons. The average Bonchev–Trinajstić information content (AvgIpc) is 2.62. The van der Waals surface area contributed by atoms with Gasteiger partial charge in [-0.1, -0.05) is 11.6 Å². The Labute approximate surface area is 146 Å². The summed E-state index contributed by atoms with van der Waals surface area (Å²) in [5.74, 6) is 0.529. The maximum atomic E-state index is 12.8. The van der Waals surface area contributed by atoms with Crippen LogP contribution in [0.5, 0.6) is 5.75 Å². The minimum absolute atomic E-state index is 0.0297. The molecule has 2 aromatic rings. The van der Waals surface area contributed by atoms with Crippen LogP contribution in [-0.4, -0.2) is 54.0 Å². The van der Waals surface area contributed by atoms with Crippen LogP contribution in [0.3, 0.4) is 0 Å². The molecule has 0 atom stereocenters. The molecule has 3 rings (SSSR count). The lowest BCUT2D eigenvalue weighted by atomic mass is 10.1. The lowest BCUT2D eigenvalue weighted by Crippen LogP contribution is -2.48. The van der Waals surface area contributed by atoms with Crippen molar-refractivity contribution in [1.82, 2.24) is 14.8 Å². The van der Waals surface area contributed by atoms with Gasteiger partial charge >= 0.3 is 0 Å². The predicted octanol–water partition coefficient (Wildman–Crippen LogP) is 2.70. The number of piperazine rings is 1. The van der Waals surface area contributed by atoms with Crippen LogP contribution in [0.25, 0.3) is 0 Å². The maximum absolute atomic E-state index is 12.8. The van der Waals surface area contributed by atoms with Crippen molar-refractivity contribution in [3.8, 4) is 5.75 Å². The van der Waals surface area contributed by atoms with E-state index in [2.05, 4.69) is 9.88 Å². The van der Waals surface area contributed by atoms with Crippen molar-refractivity contribution in [1.29, 1.82) is 0 Å². The van der Waals surface area contributed by atoms with Gasteiger partial charge in [0.25, 0.3) is 5.91 Å². The van der Waals surface area contributed by atoms with Gasteiger partial charge in [0.15, 0.2) is 0 Å². The molecule has 0 unspecified atom stereocenters. The van der Waals surface area contributed by atoms with Crippen LogP contribution in [0.15, 0.2) is 42.7 Å². The number of rotatable bonds is 4. The second-order valence-electron chi connectivity index (χ2n) is 5.77. The van der Waals surface area contributed by atoms with Crippen LogP contribution in [0, 0.1) is 0 Å². The molecule has 0 N–H and O–H groups in total. The second kappa shape index (κ2) is 7.64. The van der Waals surface area contributed by atoms with Crippen molar-refractivity contribution in [2.45, 2.75) is 6.54 Å². The largest absolute Gasteiger partial charge is 0.496 e. The van der Waals surface area contributed by atoms with Gasteiger partial charge in [-0.25, -0.2) is 0 Å². The number of aromatic nitrogens is 1. The number of carbonyl (C=O) groups is 1. The SMILES string of the molecule is COc1ccc(Cl)cc1C(=O)N1CCN(Cc2ccncc2)CC1. The van der Waals surface area contributed by atoms with Crippen molar-refractivity contribution in [2.24, 2.45) is 0 Å². The highest BCUT2D eigenvalue weighted by Crippen LogP contribution is 2.24. The molecule has 2 heterocycles. The van der Waals surface area contributed by atoms with Crippen LogP contribution >= 0.6 is 11.6 Å². The first kappa shape index (κ1) is 16.7. The van der Waals surface area contributed by atoms with Crippen molar-refractivity contribution in [3.05, 3.63) is 58.9 Å². The summed E-state index contributed by atoms with van der Waals surface area (Å²) >= 11 is 6.03. The van der Waals surface area contributed by atoms with E-state index in [1.165, 1.54) is 5.56 Å². The van der Waals surface area contributed by atoms with Crippen molar-refractivity contribution < 1.29 is 9.53 Å². The minimum atomic E-state index is -0.0297. The van der Waals surface area contributed by atoms with E-state index >= 15 is 0 Å². The maximum Gasteiger partial charge on any atom is 0.257 e. The Balaban J connectivity index is 1.62. The molecule has 0 bridgehead atoms. The van der Waals surface area contributed by atoms with Crippen LogP contribution in [0.2, 0.25) is 5.02 Å². The van der Waals surface area contributed by atoms with E-state index in [9.17, 15) is 4.79 Å². The second-order valence-corrected chi connectivity index (χ2v) is 6.20. The first-order chi connectivity index (χ1) is 11.7. The number of benzene rings is 1. The molecule has 0 aliphatic carbocycles. The van der Waals surface area contributed by atoms with E-state index < -0.39 is 0 Å². The molecule has 6 heteroatoms. The van der Waals surface area contributed by atoms with Crippen LogP contribution in [0.1, 0.15) is 15.9 Å². The summed E-state index contributed by atoms with van der Waals surface area (Å²) in [5, 5.41) is 0.537. The van der Waals surface area contributed by atoms with Gasteiger partial charge in [0.2, 0.25) is 0 Å². The third-order valence-electron chi connectivity index (χ3n) is 4.21. The number of nitrogens with zero attached hydrogens (tertiary/aromatic N) is 3. The zero-order valence-electron chi connectivity index (χ0n) is 13.6. The molecule has 5 nitrogen and oxygen atoms in total. The van der Waals surface area contributed by atoms with Crippen molar-refractivity contribution in [3.63, 3.8) is 0 Å². The normalized spacial score (nSPS) is 15.3. The zero-order valence-corrected chi connectivity index (χ0v) is 14.4. The molecule has 126 valence electrons. The molecule has 24 heavy (non-hydrogen) atoms. The highest BCUT2D eigenvalue weighted by atomic mass is 35.5. The Morgan fingerprint density at radius 3 is 2.54 bits per heavy atom. The molecule has 1 aromatic carbocycles. The number of hydrogen-bond donors (Lipinski definition) is 0. The smallest absolute Gasteiger partial charge is 0.257 e. The topological polar surface area (TPSA) is 45.7 Å². The Morgan fingerprint density at radius 2 is 1.88 bits per heavy atom. The molecule has 1 aliphatic rings. The lowest BCUT2D eigenvalue weighted by molar-refractivity contribution is 0.0625. The highest BCUT2D eigenvalue weighted by molar-refractivity contribution is 6.31. The fourth-order valence-electron chi connectivity index (χ4n) is 2.87. The molecule has 0 spiro atoms. The van der Waals surface area contributed by atoms with Gasteiger partial charge in [0.05, 0.1) is 12.7 Å². The monoisotopic (exact) mass is 345 g/mol. The van der Waals surface area contributed by atoms with Crippen LogP contribution in [0.4, 0.5) is 0 Å². The molecule has 1 aliphatic heterocycles. The summed E-state index contributed by atoms with van der Waals surface area (Å²) in [4.78, 5) is 21.0. The molecular weight excluding hydrogens is 326 g/mol. The number of pyridine rings is 1. The molecule has 1 saturated heterocycles. The van der Waals surface area contributed by atoms with E-state index in [0.29, 0.717) is 29.4 Å². The Hall–Kier alpha value is -2.11. The summed E-state index contributed by atoms with van der Waals surface area (Å²) in [6.45, 7) is 3.96. The molecule has 1 amide bonds. The summed E-state index contributed by atoms with van der Waals surface area (Å²) in [5.41, 5.74) is 1.76. The summed E-state index contributed by atoms with van der Waals surface area (Å²) in [7, 11) is 1.56. The molecule has 1 aromatic heterocycles. The fourth-order valence-corrected chi connectivity index (χ4v) is 3.05. The zero-order chi connectivity index (χ0) is 16.9. The first-order valence-corrected chi connectivity index (χ1v) is 8.29. The van der Waals surface area contributed by atoms with Gasteiger partial charge in [-0.15, -0.1) is 0 Å². The number of carbonyl (C=O) groups excluding carboxylic acids is 1. The van der Waals surface area contributed by atoms with Gasteiger partial charge < -0.3 is 9.64 Å². The summed E-state index contributed by atoms with van der Waals surface area (Å²) in [6.07, 6.45) is 3.61. The van der Waals surface area contributed by atoms with Crippen molar-refractivity contribution >= 4 is 17.5 Å². The highest BCUT2D eigenvalue weighted by Gasteiger charge is 2.24. The standard InChI is InChI=1S/C18H20ClN3O2/c1-24-17-3-2-15(19)12-16(17)18(23)22-10-8-21(9-11-22)13-14-4-6-20-7-5-14/h2-7,12H,8-11,13H2,1H3. The average molecular weight is 346 g/mol. The number of hydrogen-bond acceptors (Lipinski definition) is 4. The van der Waals surface area contributed by atoms with Gasteiger partial charge in [-0.3, -0.25) is 14.7 Å². The molecular formula is C18H20ClN3O2. The van der Waals surface area contributed by atoms with Gasteiger partial charge in [-0.05, 0) is 35.9 Å². The van der Waals surface area contributed by atoms with Gasteiger partial charge in [0.1, 0.15) is 5.75 Å². The van der Waals surface area contributed by atoms with E-state index in [0.717, 1.165) is 19.6 Å². The Bertz CT molecular complexity index is 701. The third kappa shape index (κ3) is 3.86.